The van der Waals surface area contributed by atoms with Gasteiger partial charge in [-0.3, -0.25) is 9.97 Å². The van der Waals surface area contributed by atoms with Crippen LogP contribution < -0.4 is 0 Å². The number of ether oxygens (including phenoxy) is 1. The maximum absolute atomic E-state index is 6.24. The summed E-state index contributed by atoms with van der Waals surface area (Å²) in [4.78, 5) is 9.65. The summed E-state index contributed by atoms with van der Waals surface area (Å²) in [5.74, 6) is 0.653. The van der Waals surface area contributed by atoms with Crippen molar-refractivity contribution in [2.45, 2.75) is 64.4 Å². The Bertz CT molecular complexity index is 1020. The predicted octanol–water partition coefficient (Wildman–Crippen LogP) is 3.93. The Morgan fingerprint density at radius 1 is 1.10 bits per heavy atom. The molecule has 29 heavy (non-hydrogen) atoms. The smallest absolute Gasteiger partial charge is 0.182 e. The van der Waals surface area contributed by atoms with Crippen molar-refractivity contribution in [3.8, 4) is 22.5 Å². The number of aromatic amines is 1. The van der Waals surface area contributed by atoms with Crippen molar-refractivity contribution in [2.75, 3.05) is 6.61 Å². The number of hydrogen-bond donors (Lipinski definition) is 1. The second kappa shape index (κ2) is 7.30. The molecule has 4 heterocycles. The molecule has 0 radical (unpaired) electrons. The van der Waals surface area contributed by atoms with E-state index in [1.54, 1.807) is 0 Å². The fourth-order valence-corrected chi connectivity index (χ4v) is 4.78. The van der Waals surface area contributed by atoms with Crippen LogP contribution in [0.4, 0.5) is 0 Å². The molecule has 1 fully saturated rings. The fourth-order valence-electron chi connectivity index (χ4n) is 4.78. The number of hydrogen-bond acceptors (Lipinski definition) is 6. The number of aromatic nitrogens is 6. The predicted molar refractivity (Wildman–Crippen MR) is 109 cm³/mol. The number of nitrogens with one attached hydrogen (secondary N) is 1. The summed E-state index contributed by atoms with van der Waals surface area (Å²) in [6.07, 6.45) is 9.46. The lowest BCUT2D eigenvalue weighted by Crippen LogP contribution is -2.25. The van der Waals surface area contributed by atoms with Gasteiger partial charge in [0, 0.05) is 24.2 Å². The van der Waals surface area contributed by atoms with Gasteiger partial charge in [-0.25, -0.2) is 5.10 Å². The molecule has 0 amide bonds. The summed E-state index contributed by atoms with van der Waals surface area (Å²) in [7, 11) is 0. The van der Waals surface area contributed by atoms with Crippen LogP contribution in [-0.4, -0.2) is 37.2 Å². The maximum atomic E-state index is 6.24. The number of H-pyrrole nitrogens is 1. The quantitative estimate of drug-likeness (QED) is 0.682. The Labute approximate surface area is 170 Å². The molecule has 3 aromatic heterocycles. The second-order valence-corrected chi connectivity index (χ2v) is 8.31. The van der Waals surface area contributed by atoms with Gasteiger partial charge < -0.3 is 4.74 Å². The van der Waals surface area contributed by atoms with Crippen molar-refractivity contribution in [2.24, 2.45) is 0 Å². The summed E-state index contributed by atoms with van der Waals surface area (Å²) >= 11 is 0. The van der Waals surface area contributed by atoms with Crippen LogP contribution >= 0.6 is 0 Å². The van der Waals surface area contributed by atoms with Gasteiger partial charge in [-0.15, -0.1) is 5.10 Å². The zero-order valence-corrected chi connectivity index (χ0v) is 17.0. The Morgan fingerprint density at radius 2 is 2.00 bits per heavy atom. The Kier molecular flexibility index (Phi) is 4.62. The highest BCUT2D eigenvalue weighted by molar-refractivity contribution is 5.85. The van der Waals surface area contributed by atoms with Crippen LogP contribution in [-0.2, 0) is 23.2 Å². The van der Waals surface area contributed by atoms with Gasteiger partial charge in [0.1, 0.15) is 5.60 Å². The van der Waals surface area contributed by atoms with Crippen LogP contribution in [0.15, 0.2) is 18.3 Å². The van der Waals surface area contributed by atoms with E-state index in [1.165, 1.54) is 36.1 Å². The minimum atomic E-state index is -0.430. The topological polar surface area (TPSA) is 89.5 Å². The first kappa shape index (κ1) is 18.4. The van der Waals surface area contributed by atoms with E-state index in [2.05, 4.69) is 44.7 Å². The first-order valence-electron chi connectivity index (χ1n) is 10.5. The van der Waals surface area contributed by atoms with Crippen molar-refractivity contribution < 1.29 is 4.74 Å². The van der Waals surface area contributed by atoms with Gasteiger partial charge >= 0.3 is 0 Å². The first-order chi connectivity index (χ1) is 14.2. The summed E-state index contributed by atoms with van der Waals surface area (Å²) < 4.78 is 6.24. The molecule has 7 nitrogen and oxygen atoms in total. The van der Waals surface area contributed by atoms with Gasteiger partial charge in [-0.1, -0.05) is 6.42 Å². The minimum Gasteiger partial charge on any atom is -0.369 e. The number of tetrazole rings is 1. The summed E-state index contributed by atoms with van der Waals surface area (Å²) in [5, 5.41) is 15.0. The summed E-state index contributed by atoms with van der Waals surface area (Å²) in [6, 6.07) is 4.23. The van der Waals surface area contributed by atoms with Crippen LogP contribution in [0.25, 0.3) is 22.5 Å². The van der Waals surface area contributed by atoms with Gasteiger partial charge in [0.25, 0.3) is 0 Å². The lowest BCUT2D eigenvalue weighted by atomic mass is 9.84. The molecule has 1 aliphatic carbocycles. The standard InChI is InChI=1S/C22H26N6O/c1-14-13-15(9-11-23-14)18-16-7-4-3-5-8-17(16)24-20(22(2)10-6-12-29-22)19(18)21-25-27-28-26-21/h9,11,13H,3-8,10,12H2,1-2H3,(H,25,26,27,28). The number of rotatable bonds is 3. The van der Waals surface area contributed by atoms with Crippen molar-refractivity contribution in [1.82, 2.24) is 30.6 Å². The zero-order chi connectivity index (χ0) is 19.8. The van der Waals surface area contributed by atoms with E-state index in [-0.39, 0.29) is 0 Å². The molecule has 0 bridgehead atoms. The molecular formula is C22H26N6O. The SMILES string of the molecule is Cc1cc(-c2c3c(nc(C4(C)CCCO4)c2-c2nnn[nH]2)CCCCC3)ccn1. The molecule has 150 valence electrons. The van der Waals surface area contributed by atoms with Gasteiger partial charge in [0.05, 0.1) is 11.3 Å². The van der Waals surface area contributed by atoms with E-state index in [9.17, 15) is 0 Å². The molecule has 1 aliphatic heterocycles. The molecule has 0 saturated carbocycles. The van der Waals surface area contributed by atoms with E-state index in [4.69, 9.17) is 9.72 Å². The van der Waals surface area contributed by atoms with Crippen molar-refractivity contribution >= 4 is 0 Å². The lowest BCUT2D eigenvalue weighted by Gasteiger charge is -2.28. The third-order valence-electron chi connectivity index (χ3n) is 6.21. The first-order valence-corrected chi connectivity index (χ1v) is 10.5. The maximum Gasteiger partial charge on any atom is 0.182 e. The van der Waals surface area contributed by atoms with Crippen LogP contribution in [0.1, 0.15) is 61.7 Å². The van der Waals surface area contributed by atoms with Crippen LogP contribution in [0.2, 0.25) is 0 Å². The van der Waals surface area contributed by atoms with E-state index in [1.807, 2.05) is 13.1 Å². The van der Waals surface area contributed by atoms with Gasteiger partial charge in [0.15, 0.2) is 5.82 Å². The highest BCUT2D eigenvalue weighted by Crippen LogP contribution is 2.45. The molecule has 1 saturated heterocycles. The molecule has 2 aliphatic rings. The highest BCUT2D eigenvalue weighted by atomic mass is 16.5. The lowest BCUT2D eigenvalue weighted by molar-refractivity contribution is 0.0136. The number of fused-ring (bicyclic) bond motifs is 1. The highest BCUT2D eigenvalue weighted by Gasteiger charge is 2.39. The zero-order valence-electron chi connectivity index (χ0n) is 17.0. The average molecular weight is 390 g/mol. The molecule has 0 spiro atoms. The Morgan fingerprint density at radius 3 is 2.76 bits per heavy atom. The Hall–Kier alpha value is -2.67. The molecule has 1 unspecified atom stereocenters. The van der Waals surface area contributed by atoms with E-state index in [0.717, 1.165) is 54.8 Å². The number of pyridine rings is 2. The van der Waals surface area contributed by atoms with Crippen molar-refractivity contribution in [1.29, 1.82) is 0 Å². The normalized spacial score (nSPS) is 21.7. The monoisotopic (exact) mass is 390 g/mol. The third kappa shape index (κ3) is 3.23. The van der Waals surface area contributed by atoms with Gasteiger partial charge in [0.2, 0.25) is 0 Å². The van der Waals surface area contributed by atoms with Crippen LogP contribution in [0.5, 0.6) is 0 Å². The number of nitrogens with zero attached hydrogens (tertiary/aromatic N) is 5. The molecule has 1 N–H and O–H groups in total. The fraction of sp³-hybridized carbons (Fsp3) is 0.500. The molecule has 7 heteroatoms. The minimum absolute atomic E-state index is 0.430. The second-order valence-electron chi connectivity index (χ2n) is 8.31. The summed E-state index contributed by atoms with van der Waals surface area (Å²) in [6.45, 7) is 4.94. The molecular weight excluding hydrogens is 364 g/mol. The van der Waals surface area contributed by atoms with Crippen molar-refractivity contribution in [3.63, 3.8) is 0 Å². The van der Waals surface area contributed by atoms with E-state index < -0.39 is 5.60 Å². The largest absolute Gasteiger partial charge is 0.369 e. The average Bonchev–Trinajstić information content (AvgIpc) is 3.35. The number of aryl methyl sites for hydroxylation is 2. The summed E-state index contributed by atoms with van der Waals surface area (Å²) in [5.41, 5.74) is 7.36. The molecule has 3 aromatic rings. The van der Waals surface area contributed by atoms with Gasteiger partial charge in [-0.05, 0) is 91.6 Å². The van der Waals surface area contributed by atoms with Crippen LogP contribution in [0.3, 0.4) is 0 Å². The van der Waals surface area contributed by atoms with E-state index >= 15 is 0 Å². The van der Waals surface area contributed by atoms with Gasteiger partial charge in [-0.2, -0.15) is 0 Å². The van der Waals surface area contributed by atoms with Crippen molar-refractivity contribution in [3.05, 3.63) is 41.0 Å². The van der Waals surface area contributed by atoms with Crippen LogP contribution in [0, 0.1) is 6.92 Å². The third-order valence-corrected chi connectivity index (χ3v) is 6.21. The molecule has 0 aromatic carbocycles. The Balaban J connectivity index is 1.87. The molecule has 5 rings (SSSR count). The molecule has 1 atom stereocenters. The van der Waals surface area contributed by atoms with E-state index in [0.29, 0.717) is 5.82 Å².